The molecular weight excluding hydrogens is 372 g/mol. The molecule has 19 heavy (non-hydrogen) atoms. The van der Waals surface area contributed by atoms with E-state index in [1.54, 1.807) is 6.20 Å². The van der Waals surface area contributed by atoms with Crippen molar-refractivity contribution in [2.45, 2.75) is 13.2 Å². The third kappa shape index (κ3) is 4.30. The standard InChI is InChI=1S/C14H14Br2N2O/c1-17-7-10-6-11(15)3-5-14(10)19-9-13-4-2-12(16)8-18-13/h2-6,8,17H,7,9H2,1H3. The van der Waals surface area contributed by atoms with Gasteiger partial charge in [-0.3, -0.25) is 4.98 Å². The van der Waals surface area contributed by atoms with Gasteiger partial charge < -0.3 is 10.1 Å². The van der Waals surface area contributed by atoms with E-state index in [1.165, 1.54) is 0 Å². The summed E-state index contributed by atoms with van der Waals surface area (Å²) < 4.78 is 7.85. The first-order valence-corrected chi connectivity index (χ1v) is 7.44. The number of halogens is 2. The summed E-state index contributed by atoms with van der Waals surface area (Å²) >= 11 is 6.83. The van der Waals surface area contributed by atoms with E-state index in [1.807, 2.05) is 31.3 Å². The molecule has 1 heterocycles. The molecule has 0 radical (unpaired) electrons. The number of ether oxygens (including phenoxy) is 1. The average Bonchev–Trinajstić information content (AvgIpc) is 2.40. The minimum Gasteiger partial charge on any atom is -0.487 e. The summed E-state index contributed by atoms with van der Waals surface area (Å²) in [7, 11) is 1.92. The Kier molecular flexibility index (Phi) is 5.36. The van der Waals surface area contributed by atoms with Gasteiger partial charge in [-0.15, -0.1) is 0 Å². The quantitative estimate of drug-likeness (QED) is 0.847. The van der Waals surface area contributed by atoms with Crippen LogP contribution in [0.15, 0.2) is 45.5 Å². The Morgan fingerprint density at radius 1 is 1.16 bits per heavy atom. The van der Waals surface area contributed by atoms with Gasteiger partial charge in [0.05, 0.1) is 5.69 Å². The SMILES string of the molecule is CNCc1cc(Br)ccc1OCc1ccc(Br)cn1. The Hall–Kier alpha value is -0.910. The van der Waals surface area contributed by atoms with Gasteiger partial charge in [0, 0.05) is 27.3 Å². The number of aromatic nitrogens is 1. The zero-order valence-electron chi connectivity index (χ0n) is 10.5. The number of pyridine rings is 1. The van der Waals surface area contributed by atoms with Crippen LogP contribution in [-0.4, -0.2) is 12.0 Å². The second kappa shape index (κ2) is 7.03. The summed E-state index contributed by atoms with van der Waals surface area (Å²) in [5, 5.41) is 3.13. The van der Waals surface area contributed by atoms with Gasteiger partial charge >= 0.3 is 0 Å². The van der Waals surface area contributed by atoms with Gasteiger partial charge in [0.1, 0.15) is 12.4 Å². The van der Waals surface area contributed by atoms with E-state index < -0.39 is 0 Å². The third-order valence-corrected chi connectivity index (χ3v) is 3.52. The highest BCUT2D eigenvalue weighted by Gasteiger charge is 2.05. The van der Waals surface area contributed by atoms with Crippen molar-refractivity contribution in [1.82, 2.24) is 10.3 Å². The Labute approximate surface area is 129 Å². The van der Waals surface area contributed by atoms with Crippen molar-refractivity contribution in [2.75, 3.05) is 7.05 Å². The van der Waals surface area contributed by atoms with Crippen LogP contribution in [0.5, 0.6) is 5.75 Å². The zero-order chi connectivity index (χ0) is 13.7. The monoisotopic (exact) mass is 384 g/mol. The Bertz CT molecular complexity index is 544. The lowest BCUT2D eigenvalue weighted by atomic mass is 10.2. The fourth-order valence-corrected chi connectivity index (χ4v) is 2.30. The average molecular weight is 386 g/mol. The number of nitrogens with zero attached hydrogens (tertiary/aromatic N) is 1. The Balaban J connectivity index is 2.08. The van der Waals surface area contributed by atoms with Crippen LogP contribution in [0.2, 0.25) is 0 Å². The summed E-state index contributed by atoms with van der Waals surface area (Å²) in [6.45, 7) is 1.23. The van der Waals surface area contributed by atoms with Crippen molar-refractivity contribution in [2.24, 2.45) is 0 Å². The van der Waals surface area contributed by atoms with Gasteiger partial charge in [-0.05, 0) is 53.3 Å². The summed E-state index contributed by atoms with van der Waals surface area (Å²) in [5.41, 5.74) is 2.02. The highest BCUT2D eigenvalue weighted by atomic mass is 79.9. The van der Waals surface area contributed by atoms with Crippen molar-refractivity contribution < 1.29 is 4.74 Å². The number of hydrogen-bond donors (Lipinski definition) is 1. The second-order valence-corrected chi connectivity index (χ2v) is 5.87. The highest BCUT2D eigenvalue weighted by Crippen LogP contribution is 2.24. The van der Waals surface area contributed by atoms with Gasteiger partial charge in [0.2, 0.25) is 0 Å². The minimum absolute atomic E-state index is 0.464. The maximum Gasteiger partial charge on any atom is 0.130 e. The van der Waals surface area contributed by atoms with Crippen molar-refractivity contribution >= 4 is 31.9 Å². The molecule has 1 N–H and O–H groups in total. The molecule has 0 spiro atoms. The van der Waals surface area contributed by atoms with E-state index in [2.05, 4.69) is 48.2 Å². The van der Waals surface area contributed by atoms with E-state index >= 15 is 0 Å². The molecule has 0 bridgehead atoms. The third-order valence-electron chi connectivity index (χ3n) is 2.55. The smallest absolute Gasteiger partial charge is 0.130 e. The first kappa shape index (κ1) is 14.5. The van der Waals surface area contributed by atoms with Crippen LogP contribution in [0.1, 0.15) is 11.3 Å². The zero-order valence-corrected chi connectivity index (χ0v) is 13.7. The maximum absolute atomic E-state index is 5.83. The van der Waals surface area contributed by atoms with Gasteiger partial charge in [-0.1, -0.05) is 15.9 Å². The van der Waals surface area contributed by atoms with Crippen molar-refractivity contribution in [3.63, 3.8) is 0 Å². The van der Waals surface area contributed by atoms with E-state index in [4.69, 9.17) is 4.74 Å². The van der Waals surface area contributed by atoms with Gasteiger partial charge in [0.15, 0.2) is 0 Å². The van der Waals surface area contributed by atoms with Crippen molar-refractivity contribution in [3.8, 4) is 5.75 Å². The molecule has 3 nitrogen and oxygen atoms in total. The molecule has 1 aromatic heterocycles. The molecule has 0 saturated heterocycles. The van der Waals surface area contributed by atoms with Crippen LogP contribution in [0, 0.1) is 0 Å². The largest absolute Gasteiger partial charge is 0.487 e. The molecule has 100 valence electrons. The van der Waals surface area contributed by atoms with E-state index in [0.717, 1.165) is 32.5 Å². The molecule has 2 rings (SSSR count). The Morgan fingerprint density at radius 3 is 2.63 bits per heavy atom. The van der Waals surface area contributed by atoms with Crippen molar-refractivity contribution in [1.29, 1.82) is 0 Å². The van der Waals surface area contributed by atoms with Crippen LogP contribution in [0.3, 0.4) is 0 Å². The molecule has 0 aliphatic carbocycles. The number of hydrogen-bond acceptors (Lipinski definition) is 3. The topological polar surface area (TPSA) is 34.1 Å². The predicted octanol–water partition coefficient (Wildman–Crippen LogP) is 3.91. The molecule has 0 unspecified atom stereocenters. The van der Waals surface area contributed by atoms with Crippen LogP contribution in [0.25, 0.3) is 0 Å². The fourth-order valence-electron chi connectivity index (χ4n) is 1.66. The molecule has 0 aliphatic heterocycles. The fraction of sp³-hybridized carbons (Fsp3) is 0.214. The molecule has 0 amide bonds. The summed E-state index contributed by atoms with van der Waals surface area (Å²) in [4.78, 5) is 4.29. The van der Waals surface area contributed by atoms with E-state index in [-0.39, 0.29) is 0 Å². The molecular formula is C14H14Br2N2O. The molecule has 2 aromatic rings. The molecule has 5 heteroatoms. The first-order valence-electron chi connectivity index (χ1n) is 5.85. The van der Waals surface area contributed by atoms with E-state index in [9.17, 15) is 0 Å². The highest BCUT2D eigenvalue weighted by molar-refractivity contribution is 9.10. The van der Waals surface area contributed by atoms with E-state index in [0.29, 0.717) is 6.61 Å². The first-order chi connectivity index (χ1) is 9.19. The normalized spacial score (nSPS) is 10.5. The van der Waals surface area contributed by atoms with Gasteiger partial charge in [0.25, 0.3) is 0 Å². The maximum atomic E-state index is 5.83. The number of nitrogens with one attached hydrogen (secondary N) is 1. The van der Waals surface area contributed by atoms with Crippen LogP contribution in [-0.2, 0) is 13.2 Å². The molecule has 0 aliphatic rings. The van der Waals surface area contributed by atoms with Crippen molar-refractivity contribution in [3.05, 3.63) is 56.7 Å². The lowest BCUT2D eigenvalue weighted by Crippen LogP contribution is -2.08. The predicted molar refractivity (Wildman–Crippen MR) is 83.2 cm³/mol. The summed E-state index contributed by atoms with van der Waals surface area (Å²) in [5.74, 6) is 0.877. The van der Waals surface area contributed by atoms with Gasteiger partial charge in [-0.2, -0.15) is 0 Å². The molecule has 0 atom stereocenters. The Morgan fingerprint density at radius 2 is 1.95 bits per heavy atom. The molecule has 0 saturated carbocycles. The summed E-state index contributed by atoms with van der Waals surface area (Å²) in [6, 6.07) is 9.91. The van der Waals surface area contributed by atoms with Crippen LogP contribution in [0.4, 0.5) is 0 Å². The lowest BCUT2D eigenvalue weighted by molar-refractivity contribution is 0.297. The lowest BCUT2D eigenvalue weighted by Gasteiger charge is -2.11. The van der Waals surface area contributed by atoms with Gasteiger partial charge in [-0.25, -0.2) is 0 Å². The number of rotatable bonds is 5. The minimum atomic E-state index is 0.464. The number of benzene rings is 1. The van der Waals surface area contributed by atoms with Crippen LogP contribution < -0.4 is 10.1 Å². The second-order valence-electron chi connectivity index (χ2n) is 4.04. The summed E-state index contributed by atoms with van der Waals surface area (Å²) in [6.07, 6.45) is 1.77. The molecule has 1 aromatic carbocycles. The molecule has 0 fully saturated rings. The van der Waals surface area contributed by atoms with Crippen LogP contribution >= 0.6 is 31.9 Å².